The van der Waals surface area contributed by atoms with Gasteiger partial charge in [-0.25, -0.2) is 4.79 Å². The summed E-state index contributed by atoms with van der Waals surface area (Å²) >= 11 is 3.28. The maximum absolute atomic E-state index is 12.0. The lowest BCUT2D eigenvalue weighted by molar-refractivity contribution is 0.0188. The number of nitrogens with one attached hydrogen (secondary N) is 1. The van der Waals surface area contributed by atoms with Gasteiger partial charge in [0.1, 0.15) is 11.4 Å². The Labute approximate surface area is 121 Å². The molecule has 2 rings (SSSR count). The van der Waals surface area contributed by atoms with Crippen LogP contribution in [-0.4, -0.2) is 36.2 Å². The zero-order valence-electron chi connectivity index (χ0n) is 11.4. The number of carbonyl (C=O) groups excluding carboxylic acids is 1. The fraction of sp³-hybridized carbons (Fsp3) is 0.615. The highest BCUT2D eigenvalue weighted by atomic mass is 79.9. The van der Waals surface area contributed by atoms with Crippen LogP contribution >= 0.6 is 15.9 Å². The summed E-state index contributed by atoms with van der Waals surface area (Å²) in [5.74, 6) is 0.820. The van der Waals surface area contributed by atoms with E-state index in [0.29, 0.717) is 17.8 Å². The second-order valence-corrected chi connectivity index (χ2v) is 6.36. The van der Waals surface area contributed by atoms with Gasteiger partial charge < -0.3 is 19.4 Å². The monoisotopic (exact) mass is 330 g/mol. The van der Waals surface area contributed by atoms with Crippen LogP contribution in [-0.2, 0) is 4.74 Å². The molecule has 1 atom stereocenters. The molecule has 1 aromatic heterocycles. The average molecular weight is 331 g/mol. The van der Waals surface area contributed by atoms with Crippen LogP contribution in [0.5, 0.6) is 0 Å². The van der Waals surface area contributed by atoms with Crippen molar-refractivity contribution in [2.45, 2.75) is 32.4 Å². The van der Waals surface area contributed by atoms with Crippen LogP contribution < -0.4 is 5.32 Å². The van der Waals surface area contributed by atoms with Crippen LogP contribution in [0, 0.1) is 0 Å². The zero-order chi connectivity index (χ0) is 14.0. The Balaban J connectivity index is 1.99. The molecule has 1 unspecified atom stereocenters. The molecule has 6 heteroatoms. The van der Waals surface area contributed by atoms with Crippen molar-refractivity contribution in [3.63, 3.8) is 0 Å². The quantitative estimate of drug-likeness (QED) is 0.860. The molecule has 19 heavy (non-hydrogen) atoms. The molecule has 1 aromatic rings. The number of hydrogen-bond acceptors (Lipinski definition) is 4. The zero-order valence-corrected chi connectivity index (χ0v) is 13.0. The number of hydrogen-bond donors (Lipinski definition) is 1. The summed E-state index contributed by atoms with van der Waals surface area (Å²) in [5.41, 5.74) is -0.467. The van der Waals surface area contributed by atoms with Crippen molar-refractivity contribution in [2.75, 3.05) is 19.6 Å². The molecule has 0 radical (unpaired) electrons. The number of piperazine rings is 1. The van der Waals surface area contributed by atoms with Gasteiger partial charge >= 0.3 is 6.09 Å². The normalized spacial score (nSPS) is 20.4. The molecule has 2 heterocycles. The Hall–Kier alpha value is -1.01. The predicted molar refractivity (Wildman–Crippen MR) is 75.0 cm³/mol. The van der Waals surface area contributed by atoms with E-state index in [-0.39, 0.29) is 12.1 Å². The first-order valence-corrected chi connectivity index (χ1v) is 7.11. The maximum Gasteiger partial charge on any atom is 0.410 e. The average Bonchev–Trinajstić information content (AvgIpc) is 2.74. The van der Waals surface area contributed by atoms with Crippen molar-refractivity contribution in [1.82, 2.24) is 10.2 Å². The van der Waals surface area contributed by atoms with Gasteiger partial charge in [-0.3, -0.25) is 0 Å². The van der Waals surface area contributed by atoms with Crippen molar-refractivity contribution in [1.29, 1.82) is 0 Å². The van der Waals surface area contributed by atoms with Gasteiger partial charge in [-0.2, -0.15) is 0 Å². The van der Waals surface area contributed by atoms with E-state index in [2.05, 4.69) is 21.2 Å². The Morgan fingerprint density at radius 1 is 1.53 bits per heavy atom. The van der Waals surface area contributed by atoms with Crippen LogP contribution in [0.3, 0.4) is 0 Å². The minimum absolute atomic E-state index is 0.00701. The van der Waals surface area contributed by atoms with E-state index in [1.165, 1.54) is 0 Å². The minimum Gasteiger partial charge on any atom is -0.453 e. The molecule has 106 valence electrons. The third-order valence-electron chi connectivity index (χ3n) is 2.76. The van der Waals surface area contributed by atoms with E-state index in [1.54, 1.807) is 4.90 Å². The number of amides is 1. The van der Waals surface area contributed by atoms with E-state index in [1.807, 2.05) is 32.9 Å². The van der Waals surface area contributed by atoms with Gasteiger partial charge in [-0.15, -0.1) is 0 Å². The Morgan fingerprint density at radius 3 is 2.84 bits per heavy atom. The molecule has 0 aliphatic carbocycles. The summed E-state index contributed by atoms with van der Waals surface area (Å²) in [5, 5.41) is 3.33. The molecular formula is C13H19BrN2O3. The Kier molecular flexibility index (Phi) is 4.20. The van der Waals surface area contributed by atoms with Crippen LogP contribution in [0.25, 0.3) is 0 Å². The van der Waals surface area contributed by atoms with Crippen molar-refractivity contribution in [3.8, 4) is 0 Å². The van der Waals surface area contributed by atoms with Crippen LogP contribution in [0.4, 0.5) is 4.79 Å². The number of ether oxygens (including phenoxy) is 1. The summed E-state index contributed by atoms with van der Waals surface area (Å²) in [6.45, 7) is 7.53. The number of halogens is 1. The molecule has 0 spiro atoms. The molecule has 1 amide bonds. The molecule has 1 saturated heterocycles. The Bertz CT molecular complexity index is 453. The van der Waals surface area contributed by atoms with Crippen molar-refractivity contribution in [3.05, 3.63) is 22.6 Å². The lowest BCUT2D eigenvalue weighted by atomic mass is 10.1. The molecule has 5 nitrogen and oxygen atoms in total. The highest BCUT2D eigenvalue weighted by molar-refractivity contribution is 9.10. The van der Waals surface area contributed by atoms with Gasteiger partial charge in [0.2, 0.25) is 0 Å². The fourth-order valence-electron chi connectivity index (χ4n) is 1.95. The van der Waals surface area contributed by atoms with Gasteiger partial charge in [0.05, 0.1) is 6.04 Å². The van der Waals surface area contributed by atoms with Crippen LogP contribution in [0.2, 0.25) is 0 Å². The summed E-state index contributed by atoms with van der Waals surface area (Å²) in [4.78, 5) is 13.7. The SMILES string of the molecule is CC(C)(C)OC(=O)N1CCNC(c2ccc(Br)o2)C1. The number of rotatable bonds is 1. The van der Waals surface area contributed by atoms with Crippen molar-refractivity contribution < 1.29 is 13.9 Å². The molecule has 0 bridgehead atoms. The predicted octanol–water partition coefficient (Wildman–Crippen LogP) is 2.92. The van der Waals surface area contributed by atoms with Gasteiger partial charge in [0, 0.05) is 19.6 Å². The van der Waals surface area contributed by atoms with E-state index in [9.17, 15) is 4.79 Å². The van der Waals surface area contributed by atoms with Crippen molar-refractivity contribution in [2.24, 2.45) is 0 Å². The van der Waals surface area contributed by atoms with Gasteiger partial charge in [-0.1, -0.05) is 0 Å². The molecular weight excluding hydrogens is 312 g/mol. The second kappa shape index (κ2) is 5.54. The van der Waals surface area contributed by atoms with E-state index >= 15 is 0 Å². The number of carbonyl (C=O) groups is 1. The first kappa shape index (κ1) is 14.4. The lowest BCUT2D eigenvalue weighted by Crippen LogP contribution is -2.49. The van der Waals surface area contributed by atoms with Crippen LogP contribution in [0.15, 0.2) is 21.2 Å². The topological polar surface area (TPSA) is 54.7 Å². The summed E-state index contributed by atoms with van der Waals surface area (Å²) in [6.07, 6.45) is -0.273. The maximum atomic E-state index is 12.0. The minimum atomic E-state index is -0.467. The van der Waals surface area contributed by atoms with E-state index < -0.39 is 5.60 Å². The molecule has 1 fully saturated rings. The summed E-state index contributed by atoms with van der Waals surface area (Å²) in [7, 11) is 0. The largest absolute Gasteiger partial charge is 0.453 e. The smallest absolute Gasteiger partial charge is 0.410 e. The molecule has 1 N–H and O–H groups in total. The van der Waals surface area contributed by atoms with E-state index in [4.69, 9.17) is 9.15 Å². The first-order valence-electron chi connectivity index (χ1n) is 6.32. The van der Waals surface area contributed by atoms with Gasteiger partial charge in [-0.05, 0) is 48.8 Å². The highest BCUT2D eigenvalue weighted by Crippen LogP contribution is 2.23. The first-order chi connectivity index (χ1) is 8.85. The second-order valence-electron chi connectivity index (χ2n) is 5.57. The third-order valence-corrected chi connectivity index (χ3v) is 3.19. The standard InChI is InChI=1S/C13H19BrN2O3/c1-13(2,3)19-12(17)16-7-6-15-9(8-16)10-4-5-11(14)18-10/h4-5,9,15H,6-8H2,1-3H3. The third kappa shape index (κ3) is 3.98. The van der Waals surface area contributed by atoms with Crippen LogP contribution in [0.1, 0.15) is 32.6 Å². The number of nitrogens with zero attached hydrogens (tertiary/aromatic N) is 1. The molecule has 0 aromatic carbocycles. The summed E-state index contributed by atoms with van der Waals surface area (Å²) in [6, 6.07) is 3.76. The Morgan fingerprint density at radius 2 is 2.26 bits per heavy atom. The lowest BCUT2D eigenvalue weighted by Gasteiger charge is -2.34. The highest BCUT2D eigenvalue weighted by Gasteiger charge is 2.29. The molecule has 1 aliphatic heterocycles. The number of furan rings is 1. The molecule has 0 saturated carbocycles. The van der Waals surface area contributed by atoms with Crippen molar-refractivity contribution >= 4 is 22.0 Å². The molecule has 1 aliphatic rings. The summed E-state index contributed by atoms with van der Waals surface area (Å²) < 4.78 is 11.6. The van der Waals surface area contributed by atoms with Gasteiger partial charge in [0.25, 0.3) is 0 Å². The fourth-order valence-corrected chi connectivity index (χ4v) is 2.27. The van der Waals surface area contributed by atoms with E-state index in [0.717, 1.165) is 12.3 Å². The van der Waals surface area contributed by atoms with Gasteiger partial charge in [0.15, 0.2) is 4.67 Å².